The Hall–Kier alpha value is -0.840. The van der Waals surface area contributed by atoms with Gasteiger partial charge >= 0.3 is 0 Å². The van der Waals surface area contributed by atoms with Crippen LogP contribution in [-0.4, -0.2) is 17.9 Å². The van der Waals surface area contributed by atoms with Crippen molar-refractivity contribution in [1.29, 1.82) is 0 Å². The van der Waals surface area contributed by atoms with Gasteiger partial charge in [0.2, 0.25) is 0 Å². The van der Waals surface area contributed by atoms with Gasteiger partial charge in [-0.15, -0.1) is 0 Å². The van der Waals surface area contributed by atoms with Gasteiger partial charge in [-0.1, -0.05) is 36.2 Å². The van der Waals surface area contributed by atoms with E-state index >= 15 is 0 Å². The molecule has 0 saturated carbocycles. The molecular weight excluding hydrogens is 277 g/mol. The summed E-state index contributed by atoms with van der Waals surface area (Å²) in [5, 5.41) is 8.63. The molecule has 0 unspecified atom stereocenters. The molecule has 0 saturated heterocycles. The predicted molar refractivity (Wildman–Crippen MR) is 78.1 cm³/mol. The van der Waals surface area contributed by atoms with Crippen molar-refractivity contribution in [1.82, 2.24) is 10.7 Å². The fraction of sp³-hybridized carbons (Fsp3) is 0.273. The third-order valence-corrected chi connectivity index (χ3v) is 2.94. The number of rotatable bonds is 3. The highest BCUT2D eigenvalue weighted by Gasteiger charge is 2.07. The van der Waals surface area contributed by atoms with Crippen LogP contribution < -0.4 is 10.7 Å². The molecule has 0 aliphatic carbocycles. The van der Waals surface area contributed by atoms with E-state index in [0.29, 0.717) is 15.2 Å². The highest BCUT2D eigenvalue weighted by Crippen LogP contribution is 2.22. The largest absolute Gasteiger partial charge is 0.364 e. The minimum absolute atomic E-state index is 0.459. The number of hydrogen-bond acceptors (Lipinski definition) is 2. The highest BCUT2D eigenvalue weighted by molar-refractivity contribution is 7.80. The number of thiocarbonyl (C=S) groups is 1. The van der Waals surface area contributed by atoms with Crippen LogP contribution in [0.3, 0.4) is 0 Å². The van der Waals surface area contributed by atoms with Gasteiger partial charge < -0.3 is 5.32 Å². The lowest BCUT2D eigenvalue weighted by Crippen LogP contribution is -2.29. The van der Waals surface area contributed by atoms with E-state index in [1.165, 1.54) is 0 Å². The van der Waals surface area contributed by atoms with E-state index in [0.717, 1.165) is 17.7 Å². The maximum atomic E-state index is 6.11. The van der Waals surface area contributed by atoms with Gasteiger partial charge in [-0.25, -0.2) is 0 Å². The third kappa shape index (κ3) is 4.15. The molecule has 17 heavy (non-hydrogen) atoms. The lowest BCUT2D eigenvalue weighted by Gasteiger charge is -2.08. The maximum absolute atomic E-state index is 6.11. The Morgan fingerprint density at radius 2 is 2.12 bits per heavy atom. The van der Waals surface area contributed by atoms with E-state index in [1.54, 1.807) is 19.2 Å². The van der Waals surface area contributed by atoms with E-state index < -0.39 is 0 Å². The van der Waals surface area contributed by atoms with Crippen LogP contribution in [0.15, 0.2) is 23.3 Å². The molecule has 6 heteroatoms. The van der Waals surface area contributed by atoms with Gasteiger partial charge in [-0.3, -0.25) is 5.43 Å². The zero-order chi connectivity index (χ0) is 12.8. The van der Waals surface area contributed by atoms with Crippen molar-refractivity contribution in [3.63, 3.8) is 0 Å². The van der Waals surface area contributed by atoms with Crippen LogP contribution in [0.2, 0.25) is 10.0 Å². The van der Waals surface area contributed by atoms with Crippen LogP contribution in [0.25, 0.3) is 0 Å². The zero-order valence-electron chi connectivity index (χ0n) is 9.55. The Morgan fingerprint density at radius 1 is 1.41 bits per heavy atom. The molecule has 92 valence electrons. The van der Waals surface area contributed by atoms with Gasteiger partial charge in [-0.2, -0.15) is 5.10 Å². The fourth-order valence-corrected chi connectivity index (χ4v) is 1.79. The molecule has 0 fully saturated rings. The summed E-state index contributed by atoms with van der Waals surface area (Å²) in [5.74, 6) is 0. The molecule has 0 aliphatic heterocycles. The molecule has 2 N–H and O–H groups in total. The topological polar surface area (TPSA) is 36.4 Å². The minimum atomic E-state index is 0.459. The molecule has 1 rings (SSSR count). The number of nitrogens with zero attached hydrogens (tertiary/aromatic N) is 1. The molecule has 1 aromatic carbocycles. The van der Waals surface area contributed by atoms with E-state index in [9.17, 15) is 0 Å². The zero-order valence-corrected chi connectivity index (χ0v) is 11.9. The molecule has 0 heterocycles. The molecule has 0 aliphatic rings. The van der Waals surface area contributed by atoms with E-state index in [4.69, 9.17) is 35.4 Å². The Bertz CT molecular complexity index is 446. The molecule has 0 spiro atoms. The van der Waals surface area contributed by atoms with Gasteiger partial charge in [0.05, 0.1) is 10.7 Å². The highest BCUT2D eigenvalue weighted by atomic mass is 35.5. The first-order valence-electron chi connectivity index (χ1n) is 5.08. The fourth-order valence-electron chi connectivity index (χ4n) is 1.23. The summed E-state index contributed by atoms with van der Waals surface area (Å²) in [7, 11) is 1.73. The first kappa shape index (κ1) is 14.2. The van der Waals surface area contributed by atoms with Crippen molar-refractivity contribution in [2.75, 3.05) is 7.05 Å². The number of hydrogen-bond donors (Lipinski definition) is 2. The van der Waals surface area contributed by atoms with Gasteiger partial charge in [0.15, 0.2) is 5.11 Å². The molecule has 0 radical (unpaired) electrons. The summed E-state index contributed by atoms with van der Waals surface area (Å²) < 4.78 is 0. The summed E-state index contributed by atoms with van der Waals surface area (Å²) in [6.45, 7) is 1.99. The van der Waals surface area contributed by atoms with Crippen LogP contribution in [-0.2, 0) is 0 Å². The number of benzene rings is 1. The van der Waals surface area contributed by atoms with E-state index in [-0.39, 0.29) is 0 Å². The molecule has 0 aromatic heterocycles. The van der Waals surface area contributed by atoms with Crippen LogP contribution in [0.1, 0.15) is 18.9 Å². The third-order valence-electron chi connectivity index (χ3n) is 2.10. The van der Waals surface area contributed by atoms with Crippen LogP contribution >= 0.6 is 35.4 Å². The second-order valence-electron chi connectivity index (χ2n) is 3.23. The SMILES string of the molecule is CC/C(=N/NC(=S)NC)c1ccc(Cl)cc1Cl. The van der Waals surface area contributed by atoms with E-state index in [1.807, 2.05) is 13.0 Å². The normalized spacial score (nSPS) is 11.2. The Balaban J connectivity index is 2.97. The van der Waals surface area contributed by atoms with Gasteiger partial charge in [-0.05, 0) is 30.8 Å². The lowest BCUT2D eigenvalue weighted by molar-refractivity contribution is 0.965. The smallest absolute Gasteiger partial charge is 0.186 e. The standard InChI is InChI=1S/C11H13Cl2N3S/c1-3-10(15-16-11(17)14-2)8-5-4-7(12)6-9(8)13/h4-6H,3H2,1-2H3,(H2,14,16,17)/b15-10-. The van der Waals surface area contributed by atoms with Crippen LogP contribution in [0.4, 0.5) is 0 Å². The summed E-state index contributed by atoms with van der Waals surface area (Å²) in [6.07, 6.45) is 0.737. The van der Waals surface area contributed by atoms with Crippen molar-refractivity contribution in [3.8, 4) is 0 Å². The average Bonchev–Trinajstić information content (AvgIpc) is 2.31. The van der Waals surface area contributed by atoms with Gasteiger partial charge in [0.1, 0.15) is 0 Å². The summed E-state index contributed by atoms with van der Waals surface area (Å²) in [6, 6.07) is 5.32. The second kappa shape index (κ2) is 6.79. The second-order valence-corrected chi connectivity index (χ2v) is 4.48. The van der Waals surface area contributed by atoms with Crippen molar-refractivity contribution in [2.45, 2.75) is 13.3 Å². The summed E-state index contributed by atoms with van der Waals surface area (Å²) in [5.41, 5.74) is 4.42. The first-order chi connectivity index (χ1) is 8.08. The monoisotopic (exact) mass is 289 g/mol. The van der Waals surface area contributed by atoms with Crippen LogP contribution in [0.5, 0.6) is 0 Å². The first-order valence-corrected chi connectivity index (χ1v) is 6.24. The van der Waals surface area contributed by atoms with Gasteiger partial charge in [0.25, 0.3) is 0 Å². The quantitative estimate of drug-likeness (QED) is 0.510. The van der Waals surface area contributed by atoms with Gasteiger partial charge in [0, 0.05) is 17.6 Å². The van der Waals surface area contributed by atoms with E-state index in [2.05, 4.69) is 15.8 Å². The lowest BCUT2D eigenvalue weighted by atomic mass is 10.1. The molecule has 0 atom stereocenters. The van der Waals surface area contributed by atoms with Crippen LogP contribution in [0, 0.1) is 0 Å². The Labute approximate surface area is 116 Å². The predicted octanol–water partition coefficient (Wildman–Crippen LogP) is 3.20. The number of hydrazone groups is 1. The Morgan fingerprint density at radius 3 is 2.65 bits per heavy atom. The molecule has 3 nitrogen and oxygen atoms in total. The molecular formula is C11H13Cl2N3S. The Kier molecular flexibility index (Phi) is 5.68. The molecule has 0 bridgehead atoms. The van der Waals surface area contributed by atoms with Crippen molar-refractivity contribution in [2.24, 2.45) is 5.10 Å². The minimum Gasteiger partial charge on any atom is -0.364 e. The van der Waals surface area contributed by atoms with Crippen molar-refractivity contribution >= 4 is 46.2 Å². The molecule has 1 aromatic rings. The number of halogens is 2. The summed E-state index contributed by atoms with van der Waals surface area (Å²) >= 11 is 16.9. The molecule has 0 amide bonds. The van der Waals surface area contributed by atoms with Crippen molar-refractivity contribution < 1.29 is 0 Å². The maximum Gasteiger partial charge on any atom is 0.186 e. The summed E-state index contributed by atoms with van der Waals surface area (Å²) in [4.78, 5) is 0. The van der Waals surface area contributed by atoms with Crippen molar-refractivity contribution in [3.05, 3.63) is 33.8 Å². The average molecular weight is 290 g/mol. The number of nitrogens with one attached hydrogen (secondary N) is 2.